The summed E-state index contributed by atoms with van der Waals surface area (Å²) in [6.07, 6.45) is 1.69. The maximum atomic E-state index is 12.4. The van der Waals surface area contributed by atoms with Gasteiger partial charge in [0.2, 0.25) is 10.0 Å². The third-order valence-corrected chi connectivity index (χ3v) is 6.15. The van der Waals surface area contributed by atoms with Crippen molar-refractivity contribution in [1.29, 1.82) is 0 Å². The Morgan fingerprint density at radius 1 is 1.30 bits per heavy atom. The number of hydrogen-bond donors (Lipinski definition) is 2. The van der Waals surface area contributed by atoms with Gasteiger partial charge in [0.15, 0.2) is 5.82 Å². The second-order valence-corrected chi connectivity index (χ2v) is 8.63. The highest BCUT2D eigenvalue weighted by molar-refractivity contribution is 7.89. The van der Waals surface area contributed by atoms with Crippen LogP contribution in [0.1, 0.15) is 29.0 Å². The zero-order valence-corrected chi connectivity index (χ0v) is 15.7. The summed E-state index contributed by atoms with van der Waals surface area (Å²) >= 11 is 1.52. The molecular formula is C17H16N4O4S2. The Labute approximate surface area is 159 Å². The summed E-state index contributed by atoms with van der Waals surface area (Å²) in [4.78, 5) is 16.7. The monoisotopic (exact) mass is 404 g/mol. The summed E-state index contributed by atoms with van der Waals surface area (Å²) in [6, 6.07) is 7.78. The molecule has 8 nitrogen and oxygen atoms in total. The quantitative estimate of drug-likeness (QED) is 0.624. The van der Waals surface area contributed by atoms with Gasteiger partial charge >= 0.3 is 0 Å². The SMILES string of the molecule is O=C(NCc1noc(-c2ccsc2)n1)c1cccc(S(=O)(=O)NC2CC2)c1. The molecular weight excluding hydrogens is 388 g/mol. The molecule has 140 valence electrons. The third kappa shape index (κ3) is 4.24. The Kier molecular flexibility index (Phi) is 4.77. The molecule has 0 saturated heterocycles. The molecule has 2 heterocycles. The molecule has 0 unspecified atom stereocenters. The molecule has 1 saturated carbocycles. The van der Waals surface area contributed by atoms with E-state index >= 15 is 0 Å². The van der Waals surface area contributed by atoms with Crippen LogP contribution in [0.5, 0.6) is 0 Å². The average molecular weight is 404 g/mol. The summed E-state index contributed by atoms with van der Waals surface area (Å²) in [5.74, 6) is 0.309. The molecule has 1 aromatic carbocycles. The van der Waals surface area contributed by atoms with E-state index < -0.39 is 15.9 Å². The number of aromatic nitrogens is 2. The number of hydrogen-bond acceptors (Lipinski definition) is 7. The average Bonchev–Trinajstić information content (AvgIpc) is 3.14. The topological polar surface area (TPSA) is 114 Å². The predicted octanol–water partition coefficient (Wildman–Crippen LogP) is 2.17. The van der Waals surface area contributed by atoms with Crippen LogP contribution in [-0.2, 0) is 16.6 Å². The van der Waals surface area contributed by atoms with Crippen LogP contribution in [-0.4, -0.2) is 30.5 Å². The molecule has 0 radical (unpaired) electrons. The van der Waals surface area contributed by atoms with Gasteiger partial charge in [0.1, 0.15) is 0 Å². The number of carbonyl (C=O) groups excluding carboxylic acids is 1. The first kappa shape index (κ1) is 17.8. The summed E-state index contributed by atoms with van der Waals surface area (Å²) < 4.78 is 32.3. The first-order valence-corrected chi connectivity index (χ1v) is 10.7. The number of benzene rings is 1. The normalized spacial score (nSPS) is 14.2. The standard InChI is InChI=1S/C17H16N4O4S2/c22-16(18-9-15-19-17(25-20-15)12-6-7-26-10-12)11-2-1-3-14(8-11)27(23,24)21-13-4-5-13/h1-3,6-8,10,13,21H,4-5,9H2,(H,18,22). The lowest BCUT2D eigenvalue weighted by Gasteiger charge is -2.07. The van der Waals surface area contributed by atoms with Crippen LogP contribution in [0.2, 0.25) is 0 Å². The second kappa shape index (κ2) is 7.22. The van der Waals surface area contributed by atoms with E-state index in [-0.39, 0.29) is 23.0 Å². The van der Waals surface area contributed by atoms with Crippen LogP contribution in [0, 0.1) is 0 Å². The molecule has 1 aliphatic rings. The van der Waals surface area contributed by atoms with Gasteiger partial charge in [0.05, 0.1) is 17.0 Å². The predicted molar refractivity (Wildman–Crippen MR) is 98.6 cm³/mol. The van der Waals surface area contributed by atoms with Gasteiger partial charge in [0.25, 0.3) is 11.8 Å². The van der Waals surface area contributed by atoms with E-state index in [2.05, 4.69) is 20.2 Å². The molecule has 27 heavy (non-hydrogen) atoms. The van der Waals surface area contributed by atoms with Gasteiger partial charge in [-0.05, 0) is 42.5 Å². The molecule has 2 aromatic heterocycles. The fourth-order valence-electron chi connectivity index (χ4n) is 2.38. The molecule has 1 amide bonds. The lowest BCUT2D eigenvalue weighted by molar-refractivity contribution is 0.0949. The fourth-order valence-corrected chi connectivity index (χ4v) is 4.36. The summed E-state index contributed by atoms with van der Waals surface area (Å²) in [5, 5.41) is 10.3. The van der Waals surface area contributed by atoms with Crippen molar-refractivity contribution in [2.24, 2.45) is 0 Å². The van der Waals surface area contributed by atoms with Crippen molar-refractivity contribution in [3.8, 4) is 11.5 Å². The van der Waals surface area contributed by atoms with E-state index in [0.717, 1.165) is 18.4 Å². The first-order chi connectivity index (χ1) is 13.0. The molecule has 4 rings (SSSR count). The Balaban J connectivity index is 1.42. The third-order valence-electron chi connectivity index (χ3n) is 3.95. The van der Waals surface area contributed by atoms with Gasteiger partial charge in [-0.25, -0.2) is 13.1 Å². The van der Waals surface area contributed by atoms with Crippen LogP contribution in [0.15, 0.2) is 50.5 Å². The molecule has 0 atom stereocenters. The van der Waals surface area contributed by atoms with Crippen molar-refractivity contribution in [2.75, 3.05) is 0 Å². The largest absolute Gasteiger partial charge is 0.345 e. The number of amides is 1. The number of thiophene rings is 1. The smallest absolute Gasteiger partial charge is 0.258 e. The van der Waals surface area contributed by atoms with Crippen LogP contribution in [0.3, 0.4) is 0 Å². The summed E-state index contributed by atoms with van der Waals surface area (Å²) in [5.41, 5.74) is 1.07. The Morgan fingerprint density at radius 2 is 2.15 bits per heavy atom. The van der Waals surface area contributed by atoms with Gasteiger partial charge in [0, 0.05) is 17.0 Å². The number of nitrogens with one attached hydrogen (secondary N) is 2. The van der Waals surface area contributed by atoms with E-state index in [9.17, 15) is 13.2 Å². The lowest BCUT2D eigenvalue weighted by atomic mass is 10.2. The molecule has 0 aliphatic heterocycles. The van der Waals surface area contributed by atoms with Crippen molar-refractivity contribution in [3.63, 3.8) is 0 Å². The molecule has 1 fully saturated rings. The molecule has 3 aromatic rings. The van der Waals surface area contributed by atoms with Crippen LogP contribution in [0.25, 0.3) is 11.5 Å². The highest BCUT2D eigenvalue weighted by Crippen LogP contribution is 2.22. The zero-order valence-electron chi connectivity index (χ0n) is 14.1. The minimum absolute atomic E-state index is 0.00291. The van der Waals surface area contributed by atoms with Crippen LogP contribution < -0.4 is 10.0 Å². The van der Waals surface area contributed by atoms with Gasteiger partial charge in [-0.1, -0.05) is 11.2 Å². The van der Waals surface area contributed by atoms with Gasteiger partial charge in [-0.3, -0.25) is 4.79 Å². The van der Waals surface area contributed by atoms with Crippen LogP contribution >= 0.6 is 11.3 Å². The van der Waals surface area contributed by atoms with Gasteiger partial charge < -0.3 is 9.84 Å². The minimum Gasteiger partial charge on any atom is -0.345 e. The zero-order chi connectivity index (χ0) is 18.9. The van der Waals surface area contributed by atoms with Gasteiger partial charge in [-0.15, -0.1) is 0 Å². The minimum atomic E-state index is -3.61. The van der Waals surface area contributed by atoms with Crippen molar-refractivity contribution < 1.29 is 17.7 Å². The number of nitrogens with zero attached hydrogens (tertiary/aromatic N) is 2. The number of rotatable bonds is 7. The Hall–Kier alpha value is -2.56. The first-order valence-electron chi connectivity index (χ1n) is 8.27. The molecule has 10 heteroatoms. The van der Waals surface area contributed by atoms with Crippen molar-refractivity contribution in [2.45, 2.75) is 30.3 Å². The molecule has 2 N–H and O–H groups in total. The molecule has 0 bridgehead atoms. The summed E-state index contributed by atoms with van der Waals surface area (Å²) in [6.45, 7) is 0.0732. The van der Waals surface area contributed by atoms with Crippen LogP contribution in [0.4, 0.5) is 0 Å². The Bertz CT molecular complexity index is 1060. The number of sulfonamides is 1. The second-order valence-electron chi connectivity index (χ2n) is 6.13. The van der Waals surface area contributed by atoms with E-state index in [1.807, 2.05) is 16.8 Å². The Morgan fingerprint density at radius 3 is 2.89 bits per heavy atom. The van der Waals surface area contributed by atoms with Crippen molar-refractivity contribution >= 4 is 27.3 Å². The van der Waals surface area contributed by atoms with E-state index in [1.165, 1.54) is 23.5 Å². The van der Waals surface area contributed by atoms with E-state index in [4.69, 9.17) is 4.52 Å². The maximum absolute atomic E-state index is 12.4. The summed E-state index contributed by atoms with van der Waals surface area (Å²) in [7, 11) is -3.61. The van der Waals surface area contributed by atoms with Crippen molar-refractivity contribution in [3.05, 3.63) is 52.5 Å². The maximum Gasteiger partial charge on any atom is 0.258 e. The highest BCUT2D eigenvalue weighted by Gasteiger charge is 2.28. The lowest BCUT2D eigenvalue weighted by Crippen LogP contribution is -2.27. The van der Waals surface area contributed by atoms with E-state index in [0.29, 0.717) is 11.7 Å². The fraction of sp³-hybridized carbons (Fsp3) is 0.235. The number of carbonyl (C=O) groups is 1. The molecule has 1 aliphatic carbocycles. The van der Waals surface area contributed by atoms with Crippen molar-refractivity contribution in [1.82, 2.24) is 20.2 Å². The molecule has 0 spiro atoms. The highest BCUT2D eigenvalue weighted by atomic mass is 32.2. The van der Waals surface area contributed by atoms with Gasteiger partial charge in [-0.2, -0.15) is 16.3 Å². The van der Waals surface area contributed by atoms with E-state index in [1.54, 1.807) is 12.1 Å².